The van der Waals surface area contributed by atoms with Crippen LogP contribution in [-0.4, -0.2) is 23.0 Å². The minimum absolute atomic E-state index is 0.00830. The second kappa shape index (κ2) is 13.0. The molecule has 3 aromatic rings. The molecule has 1 aromatic heterocycles. The lowest BCUT2D eigenvalue weighted by atomic mass is 9.81. The van der Waals surface area contributed by atoms with Crippen molar-refractivity contribution >= 4 is 5.97 Å². The Morgan fingerprint density at radius 3 is 2.55 bits per heavy atom. The average Bonchev–Trinajstić information content (AvgIpc) is 3.41. The number of aromatic amines is 1. The van der Waals surface area contributed by atoms with Crippen LogP contribution in [0.15, 0.2) is 48.9 Å². The number of rotatable bonds is 5. The Kier molecular flexibility index (Phi) is 10.4. The van der Waals surface area contributed by atoms with Crippen LogP contribution in [0.25, 0.3) is 0 Å². The number of nitrogens with one attached hydrogen (secondary N) is 1. The number of benzene rings is 2. The molecule has 4 nitrogen and oxygen atoms in total. The number of methoxy groups -OCH3 is 1. The van der Waals surface area contributed by atoms with Gasteiger partial charge in [0, 0.05) is 17.8 Å². The minimum Gasteiger partial charge on any atom is -0.469 e. The lowest BCUT2D eigenvalue weighted by molar-refractivity contribution is -0.145. The molecule has 1 aliphatic carbocycles. The molecular formula is C29H40N2O2. The van der Waals surface area contributed by atoms with Gasteiger partial charge in [0.25, 0.3) is 0 Å². The van der Waals surface area contributed by atoms with Crippen LogP contribution in [0.3, 0.4) is 0 Å². The summed E-state index contributed by atoms with van der Waals surface area (Å²) in [7, 11) is 1.48. The molecule has 1 heterocycles. The zero-order chi connectivity index (χ0) is 24.4. The topological polar surface area (TPSA) is 55.0 Å². The number of imidazole rings is 1. The summed E-state index contributed by atoms with van der Waals surface area (Å²) in [6.07, 6.45) is 7.19. The maximum atomic E-state index is 11.9. The van der Waals surface area contributed by atoms with E-state index in [1.54, 1.807) is 6.33 Å². The molecule has 33 heavy (non-hydrogen) atoms. The number of aromatic nitrogens is 2. The number of fused-ring (bicyclic) bond motifs is 1. The molecule has 178 valence electrons. The van der Waals surface area contributed by atoms with Gasteiger partial charge in [0.1, 0.15) is 0 Å². The third kappa shape index (κ3) is 6.34. The number of nitrogens with zero attached hydrogens (tertiary/aromatic N) is 1. The first kappa shape index (κ1) is 26.4. The molecule has 0 saturated heterocycles. The predicted octanol–water partition coefficient (Wildman–Crippen LogP) is 6.73. The zero-order valence-corrected chi connectivity index (χ0v) is 21.4. The van der Waals surface area contributed by atoms with Gasteiger partial charge in [0.2, 0.25) is 0 Å². The molecule has 0 aliphatic heterocycles. The highest BCUT2D eigenvalue weighted by molar-refractivity contribution is 5.73. The molecule has 0 saturated carbocycles. The number of ether oxygens (including phenoxy) is 1. The molecule has 1 aliphatic rings. The summed E-state index contributed by atoms with van der Waals surface area (Å²) in [4.78, 5) is 19.5. The Labute approximate surface area is 199 Å². The number of hydrogen-bond acceptors (Lipinski definition) is 3. The Hall–Kier alpha value is -2.88. The van der Waals surface area contributed by atoms with E-state index in [1.165, 1.54) is 40.5 Å². The van der Waals surface area contributed by atoms with Gasteiger partial charge in [-0.1, -0.05) is 64.1 Å². The summed E-state index contributed by atoms with van der Waals surface area (Å²) in [5.74, 6) is 0.141. The van der Waals surface area contributed by atoms with Crippen molar-refractivity contribution in [2.45, 2.75) is 73.1 Å². The number of carbonyl (C=O) groups excluding carboxylic acids is 1. The van der Waals surface area contributed by atoms with Gasteiger partial charge in [0.15, 0.2) is 0 Å². The SMILES string of the molecule is CC.CC.COC(=O)C1CCc2cc(CC(c3cnc[nH]3)c3cccc(C)c3C)ccc2C1. The smallest absolute Gasteiger partial charge is 0.309 e. The maximum absolute atomic E-state index is 11.9. The van der Waals surface area contributed by atoms with E-state index in [0.29, 0.717) is 0 Å². The quantitative estimate of drug-likeness (QED) is 0.440. The van der Waals surface area contributed by atoms with Crippen molar-refractivity contribution < 1.29 is 9.53 Å². The van der Waals surface area contributed by atoms with E-state index >= 15 is 0 Å². The molecule has 4 rings (SSSR count). The van der Waals surface area contributed by atoms with Crippen LogP contribution in [0.1, 0.15) is 79.1 Å². The number of esters is 1. The fourth-order valence-corrected chi connectivity index (χ4v) is 4.53. The van der Waals surface area contributed by atoms with Crippen molar-refractivity contribution in [2.24, 2.45) is 5.92 Å². The second-order valence-electron chi connectivity index (χ2n) is 8.12. The van der Waals surface area contributed by atoms with Gasteiger partial charge in [-0.2, -0.15) is 0 Å². The summed E-state index contributed by atoms with van der Waals surface area (Å²) in [6, 6.07) is 13.3. The molecule has 0 radical (unpaired) electrons. The third-order valence-electron chi connectivity index (χ3n) is 6.39. The molecule has 4 heteroatoms. The van der Waals surface area contributed by atoms with Crippen LogP contribution in [0.2, 0.25) is 0 Å². The molecule has 0 fully saturated rings. The Morgan fingerprint density at radius 2 is 1.88 bits per heavy atom. The van der Waals surface area contributed by atoms with Gasteiger partial charge in [-0.25, -0.2) is 4.98 Å². The minimum atomic E-state index is -0.0889. The van der Waals surface area contributed by atoms with Crippen molar-refractivity contribution in [3.63, 3.8) is 0 Å². The van der Waals surface area contributed by atoms with Gasteiger partial charge in [-0.3, -0.25) is 4.79 Å². The maximum Gasteiger partial charge on any atom is 0.309 e. The van der Waals surface area contributed by atoms with E-state index in [4.69, 9.17) is 4.74 Å². The fraction of sp³-hybridized carbons (Fsp3) is 0.448. The lowest BCUT2D eigenvalue weighted by Crippen LogP contribution is -2.23. The van der Waals surface area contributed by atoms with E-state index in [0.717, 1.165) is 31.4 Å². The van der Waals surface area contributed by atoms with Gasteiger partial charge in [-0.15, -0.1) is 0 Å². The van der Waals surface area contributed by atoms with Crippen molar-refractivity contribution in [1.29, 1.82) is 0 Å². The van der Waals surface area contributed by atoms with E-state index in [-0.39, 0.29) is 17.8 Å². The van der Waals surface area contributed by atoms with Crippen LogP contribution < -0.4 is 0 Å². The highest BCUT2D eigenvalue weighted by atomic mass is 16.5. The van der Waals surface area contributed by atoms with Crippen LogP contribution in [0.4, 0.5) is 0 Å². The molecule has 2 atom stereocenters. The fourth-order valence-electron chi connectivity index (χ4n) is 4.53. The van der Waals surface area contributed by atoms with Gasteiger partial charge in [0.05, 0.1) is 19.4 Å². The molecular weight excluding hydrogens is 408 g/mol. The average molecular weight is 449 g/mol. The second-order valence-corrected chi connectivity index (χ2v) is 8.12. The summed E-state index contributed by atoms with van der Waals surface area (Å²) in [5, 5.41) is 0. The van der Waals surface area contributed by atoms with Crippen molar-refractivity contribution in [1.82, 2.24) is 9.97 Å². The molecule has 2 aromatic carbocycles. The van der Waals surface area contributed by atoms with Crippen LogP contribution in [0, 0.1) is 19.8 Å². The Bertz CT molecular complexity index is 1010. The van der Waals surface area contributed by atoms with Crippen LogP contribution in [0.5, 0.6) is 0 Å². The molecule has 0 spiro atoms. The molecule has 1 N–H and O–H groups in total. The zero-order valence-electron chi connectivity index (χ0n) is 21.4. The Morgan fingerprint density at radius 1 is 1.12 bits per heavy atom. The summed E-state index contributed by atoms with van der Waals surface area (Å²) >= 11 is 0. The number of hydrogen-bond donors (Lipinski definition) is 1. The van der Waals surface area contributed by atoms with Gasteiger partial charge in [-0.05, 0) is 72.9 Å². The first-order valence-corrected chi connectivity index (χ1v) is 12.3. The van der Waals surface area contributed by atoms with E-state index in [9.17, 15) is 4.79 Å². The van der Waals surface area contributed by atoms with Crippen LogP contribution in [-0.2, 0) is 28.8 Å². The predicted molar refractivity (Wildman–Crippen MR) is 137 cm³/mol. The number of carbonyl (C=O) groups is 1. The van der Waals surface area contributed by atoms with Crippen molar-refractivity contribution in [3.05, 3.63) is 88.0 Å². The molecule has 0 amide bonds. The van der Waals surface area contributed by atoms with Gasteiger partial charge < -0.3 is 9.72 Å². The number of H-pyrrole nitrogens is 1. The largest absolute Gasteiger partial charge is 0.469 e. The van der Waals surface area contributed by atoms with E-state index in [2.05, 4.69) is 60.2 Å². The monoisotopic (exact) mass is 448 g/mol. The van der Waals surface area contributed by atoms with Crippen molar-refractivity contribution in [3.8, 4) is 0 Å². The summed E-state index contributed by atoms with van der Waals surface area (Å²) in [5.41, 5.74) is 9.10. The highest BCUT2D eigenvalue weighted by Gasteiger charge is 2.26. The summed E-state index contributed by atoms with van der Waals surface area (Å²) < 4.78 is 4.94. The Balaban J connectivity index is 0.000000914. The van der Waals surface area contributed by atoms with Crippen LogP contribution >= 0.6 is 0 Å². The van der Waals surface area contributed by atoms with E-state index in [1.807, 2.05) is 33.9 Å². The number of aryl methyl sites for hydroxylation is 2. The molecule has 2 unspecified atom stereocenters. The standard InChI is InChI=1S/C25H28N2O2.2C2H6/c1-16-5-4-6-22(17(16)2)23(24-14-26-15-27-24)12-18-7-8-20-13-21(25(28)29-3)10-9-19(20)11-18;2*1-2/h4-8,11,14-15,21,23H,9-10,12-13H2,1-3H3,(H,26,27);2*1-2H3. The van der Waals surface area contributed by atoms with Gasteiger partial charge >= 0.3 is 5.97 Å². The highest BCUT2D eigenvalue weighted by Crippen LogP contribution is 2.33. The third-order valence-corrected chi connectivity index (χ3v) is 6.39. The lowest BCUT2D eigenvalue weighted by Gasteiger charge is -2.24. The normalized spacial score (nSPS) is 15.2. The molecule has 0 bridgehead atoms. The van der Waals surface area contributed by atoms with Crippen molar-refractivity contribution in [2.75, 3.05) is 7.11 Å². The van der Waals surface area contributed by atoms with E-state index < -0.39 is 0 Å². The summed E-state index contributed by atoms with van der Waals surface area (Å²) in [6.45, 7) is 12.4. The first-order valence-electron chi connectivity index (χ1n) is 12.3. The first-order chi connectivity index (χ1) is 16.1.